The summed E-state index contributed by atoms with van der Waals surface area (Å²) in [5.74, 6) is 0.0633. The molecule has 0 aliphatic rings. The summed E-state index contributed by atoms with van der Waals surface area (Å²) in [6.07, 6.45) is 1.65. The van der Waals surface area contributed by atoms with Gasteiger partial charge in [0.2, 0.25) is 5.91 Å². The number of rotatable bonds is 4. The molecule has 0 atom stereocenters. The summed E-state index contributed by atoms with van der Waals surface area (Å²) in [5.41, 5.74) is 0. The van der Waals surface area contributed by atoms with Crippen LogP contribution in [0, 0.1) is 11.3 Å². The molecule has 0 saturated heterocycles. The van der Waals surface area contributed by atoms with Crippen LogP contribution in [0.2, 0.25) is 0 Å². The Kier molecular flexibility index (Phi) is 5.18. The van der Waals surface area contributed by atoms with Gasteiger partial charge in [-0.2, -0.15) is 5.26 Å². The summed E-state index contributed by atoms with van der Waals surface area (Å²) in [5, 5.41) is 8.21. The first kappa shape index (κ1) is 9.96. The van der Waals surface area contributed by atoms with E-state index < -0.39 is 0 Å². The molecule has 3 heteroatoms. The molecule has 0 aromatic heterocycles. The van der Waals surface area contributed by atoms with Crippen molar-refractivity contribution in [2.24, 2.45) is 0 Å². The van der Waals surface area contributed by atoms with E-state index in [1.807, 2.05) is 13.0 Å². The largest absolute Gasteiger partial charge is 0.346 e. The second-order valence-electron chi connectivity index (χ2n) is 2.47. The molecule has 0 unspecified atom stereocenters. The minimum absolute atomic E-state index is 0.0633. The average molecular weight is 154 g/mol. The Balaban J connectivity index is 3.57. The highest BCUT2D eigenvalue weighted by Gasteiger charge is 2.05. The first-order valence-corrected chi connectivity index (χ1v) is 3.83. The maximum atomic E-state index is 11.1. The summed E-state index contributed by atoms with van der Waals surface area (Å²) < 4.78 is 0. The molecule has 0 heterocycles. The third-order valence-corrected chi connectivity index (χ3v) is 1.44. The zero-order valence-electron chi connectivity index (χ0n) is 7.13. The zero-order chi connectivity index (χ0) is 8.69. The van der Waals surface area contributed by atoms with E-state index in [2.05, 4.69) is 0 Å². The van der Waals surface area contributed by atoms with Gasteiger partial charge in [-0.1, -0.05) is 6.92 Å². The van der Waals surface area contributed by atoms with E-state index >= 15 is 0 Å². The third kappa shape index (κ3) is 4.38. The van der Waals surface area contributed by atoms with Crippen LogP contribution in [0.4, 0.5) is 0 Å². The van der Waals surface area contributed by atoms with Gasteiger partial charge in [-0.05, 0) is 6.42 Å². The summed E-state index contributed by atoms with van der Waals surface area (Å²) in [7, 11) is 1.77. The van der Waals surface area contributed by atoms with Crippen LogP contribution in [-0.4, -0.2) is 24.4 Å². The molecular weight excluding hydrogens is 140 g/mol. The SMILES string of the molecule is CCCN(C)C(=O)CCC#N. The second-order valence-corrected chi connectivity index (χ2v) is 2.47. The van der Waals surface area contributed by atoms with Crippen molar-refractivity contribution >= 4 is 5.91 Å². The first-order valence-electron chi connectivity index (χ1n) is 3.83. The van der Waals surface area contributed by atoms with E-state index in [0.29, 0.717) is 12.8 Å². The minimum Gasteiger partial charge on any atom is -0.346 e. The Morgan fingerprint density at radius 2 is 2.27 bits per heavy atom. The van der Waals surface area contributed by atoms with Gasteiger partial charge >= 0.3 is 0 Å². The van der Waals surface area contributed by atoms with Crippen LogP contribution in [0.25, 0.3) is 0 Å². The van der Waals surface area contributed by atoms with Gasteiger partial charge in [-0.15, -0.1) is 0 Å². The highest BCUT2D eigenvalue weighted by molar-refractivity contribution is 5.75. The van der Waals surface area contributed by atoms with Crippen molar-refractivity contribution in [1.29, 1.82) is 5.26 Å². The molecule has 0 spiro atoms. The van der Waals surface area contributed by atoms with Crippen molar-refractivity contribution in [3.63, 3.8) is 0 Å². The number of nitrogens with zero attached hydrogens (tertiary/aromatic N) is 2. The highest BCUT2D eigenvalue weighted by Crippen LogP contribution is 1.95. The van der Waals surface area contributed by atoms with Crippen LogP contribution < -0.4 is 0 Å². The Morgan fingerprint density at radius 3 is 2.73 bits per heavy atom. The fourth-order valence-corrected chi connectivity index (χ4v) is 0.814. The van der Waals surface area contributed by atoms with Crippen LogP contribution in [0.3, 0.4) is 0 Å². The molecule has 0 N–H and O–H groups in total. The summed E-state index contributed by atoms with van der Waals surface area (Å²) >= 11 is 0. The molecule has 3 nitrogen and oxygen atoms in total. The van der Waals surface area contributed by atoms with Crippen LogP contribution in [0.15, 0.2) is 0 Å². The fraction of sp³-hybridized carbons (Fsp3) is 0.750. The maximum Gasteiger partial charge on any atom is 0.223 e. The summed E-state index contributed by atoms with van der Waals surface area (Å²) in [4.78, 5) is 12.7. The number of nitriles is 1. The minimum atomic E-state index is 0.0633. The molecule has 0 radical (unpaired) electrons. The predicted molar refractivity (Wildman–Crippen MR) is 42.8 cm³/mol. The molecule has 0 aliphatic carbocycles. The van der Waals surface area contributed by atoms with E-state index in [9.17, 15) is 4.79 Å². The van der Waals surface area contributed by atoms with Gasteiger partial charge in [0, 0.05) is 26.4 Å². The van der Waals surface area contributed by atoms with Crippen LogP contribution in [0.1, 0.15) is 26.2 Å². The molecule has 11 heavy (non-hydrogen) atoms. The van der Waals surface area contributed by atoms with Crippen molar-refractivity contribution in [3.8, 4) is 6.07 Å². The molecule has 0 aromatic rings. The lowest BCUT2D eigenvalue weighted by atomic mass is 10.3. The fourth-order valence-electron chi connectivity index (χ4n) is 0.814. The summed E-state index contributed by atoms with van der Waals surface area (Å²) in [6.45, 7) is 2.80. The Bertz CT molecular complexity index is 160. The topological polar surface area (TPSA) is 44.1 Å². The third-order valence-electron chi connectivity index (χ3n) is 1.44. The summed E-state index contributed by atoms with van der Waals surface area (Å²) in [6, 6.07) is 1.95. The van der Waals surface area contributed by atoms with Crippen LogP contribution in [0.5, 0.6) is 0 Å². The number of hydrogen-bond acceptors (Lipinski definition) is 2. The zero-order valence-corrected chi connectivity index (χ0v) is 7.13. The van der Waals surface area contributed by atoms with Crippen molar-refractivity contribution in [2.45, 2.75) is 26.2 Å². The van der Waals surface area contributed by atoms with Gasteiger partial charge in [-0.3, -0.25) is 4.79 Å². The highest BCUT2D eigenvalue weighted by atomic mass is 16.2. The Morgan fingerprint density at radius 1 is 1.64 bits per heavy atom. The average Bonchev–Trinajstić information content (AvgIpc) is 2.00. The molecule has 0 bridgehead atoms. The first-order chi connectivity index (χ1) is 5.22. The van der Waals surface area contributed by atoms with E-state index in [4.69, 9.17) is 5.26 Å². The predicted octanol–water partition coefficient (Wildman–Crippen LogP) is 1.16. The monoisotopic (exact) mass is 154 g/mol. The lowest BCUT2D eigenvalue weighted by Gasteiger charge is -2.14. The van der Waals surface area contributed by atoms with E-state index in [-0.39, 0.29) is 5.91 Å². The van der Waals surface area contributed by atoms with Crippen molar-refractivity contribution in [3.05, 3.63) is 0 Å². The lowest BCUT2D eigenvalue weighted by molar-refractivity contribution is -0.129. The molecule has 0 saturated carbocycles. The van der Waals surface area contributed by atoms with E-state index in [1.165, 1.54) is 0 Å². The van der Waals surface area contributed by atoms with Crippen LogP contribution in [-0.2, 0) is 4.79 Å². The van der Waals surface area contributed by atoms with Gasteiger partial charge < -0.3 is 4.90 Å². The quantitative estimate of drug-likeness (QED) is 0.609. The molecule has 0 aromatic carbocycles. The standard InChI is InChI=1S/C8H14N2O/c1-3-7-10(2)8(11)5-4-6-9/h3-5,7H2,1-2H3. The van der Waals surface area contributed by atoms with Crippen LogP contribution >= 0.6 is 0 Å². The van der Waals surface area contributed by atoms with E-state index in [0.717, 1.165) is 13.0 Å². The number of carbonyl (C=O) groups excluding carboxylic acids is 1. The van der Waals surface area contributed by atoms with Gasteiger partial charge in [0.05, 0.1) is 6.07 Å². The smallest absolute Gasteiger partial charge is 0.223 e. The van der Waals surface area contributed by atoms with Crippen molar-refractivity contribution in [2.75, 3.05) is 13.6 Å². The van der Waals surface area contributed by atoms with Gasteiger partial charge in [0.25, 0.3) is 0 Å². The normalized spacial score (nSPS) is 8.82. The molecule has 0 aliphatic heterocycles. The van der Waals surface area contributed by atoms with E-state index in [1.54, 1.807) is 11.9 Å². The molecule has 62 valence electrons. The van der Waals surface area contributed by atoms with Crippen molar-refractivity contribution in [1.82, 2.24) is 4.90 Å². The lowest BCUT2D eigenvalue weighted by Crippen LogP contribution is -2.26. The maximum absolute atomic E-state index is 11.1. The molecule has 1 amide bonds. The Hall–Kier alpha value is -1.04. The van der Waals surface area contributed by atoms with Gasteiger partial charge in [0.15, 0.2) is 0 Å². The Labute approximate surface area is 67.6 Å². The molecule has 0 fully saturated rings. The van der Waals surface area contributed by atoms with Crippen molar-refractivity contribution < 1.29 is 4.79 Å². The molecular formula is C8H14N2O. The van der Waals surface area contributed by atoms with Gasteiger partial charge in [-0.25, -0.2) is 0 Å². The second kappa shape index (κ2) is 5.72. The number of carbonyl (C=O) groups is 1. The molecule has 0 rings (SSSR count). The van der Waals surface area contributed by atoms with Gasteiger partial charge in [0.1, 0.15) is 0 Å². The number of amides is 1. The number of hydrogen-bond donors (Lipinski definition) is 0.